The minimum Gasteiger partial charge on any atom is -0.455 e. The maximum Gasteiger partial charge on any atom is 0.306 e. The van der Waals surface area contributed by atoms with E-state index in [1.54, 1.807) is 6.92 Å². The van der Waals surface area contributed by atoms with Gasteiger partial charge in [0, 0.05) is 13.5 Å². The number of ketones is 1. The van der Waals surface area contributed by atoms with Gasteiger partial charge in [0.15, 0.2) is 11.9 Å². The quantitative estimate of drug-likeness (QED) is 0.571. The standard InChI is InChI=1S/C8H14O4/c1-4-8(10)12-6(2)7(9)5-11-3/h6H,4-5H2,1-3H3. The van der Waals surface area contributed by atoms with Crippen LogP contribution in [0.5, 0.6) is 0 Å². The third-order valence-corrected chi connectivity index (χ3v) is 1.34. The second-order valence-corrected chi connectivity index (χ2v) is 2.38. The molecule has 0 aliphatic rings. The zero-order valence-electron chi connectivity index (χ0n) is 7.62. The first-order valence-electron chi connectivity index (χ1n) is 3.83. The fraction of sp³-hybridized carbons (Fsp3) is 0.750. The fourth-order valence-electron chi connectivity index (χ4n) is 0.606. The van der Waals surface area contributed by atoms with Gasteiger partial charge in [0.25, 0.3) is 0 Å². The molecule has 12 heavy (non-hydrogen) atoms. The van der Waals surface area contributed by atoms with E-state index in [1.807, 2.05) is 0 Å². The Morgan fingerprint density at radius 1 is 1.42 bits per heavy atom. The lowest BCUT2D eigenvalue weighted by Gasteiger charge is -2.10. The van der Waals surface area contributed by atoms with E-state index in [1.165, 1.54) is 14.0 Å². The summed E-state index contributed by atoms with van der Waals surface area (Å²) in [6.45, 7) is 3.20. The third-order valence-electron chi connectivity index (χ3n) is 1.34. The highest BCUT2D eigenvalue weighted by Crippen LogP contribution is 1.96. The van der Waals surface area contributed by atoms with Crippen LogP contribution in [0.25, 0.3) is 0 Å². The molecule has 0 radical (unpaired) electrons. The Balaban J connectivity index is 3.78. The number of methoxy groups -OCH3 is 1. The first-order valence-corrected chi connectivity index (χ1v) is 3.83. The predicted molar refractivity (Wildman–Crippen MR) is 42.7 cm³/mol. The lowest BCUT2D eigenvalue weighted by atomic mass is 10.3. The number of Topliss-reactive ketones (excluding diaryl/α,β-unsaturated/α-hetero) is 1. The molecule has 0 aromatic heterocycles. The van der Waals surface area contributed by atoms with Crippen LogP contribution in [-0.4, -0.2) is 31.6 Å². The minimum absolute atomic E-state index is 0.0157. The molecule has 0 amide bonds. The van der Waals surface area contributed by atoms with Crippen molar-refractivity contribution >= 4 is 11.8 Å². The van der Waals surface area contributed by atoms with Crippen LogP contribution in [0.3, 0.4) is 0 Å². The highest BCUT2D eigenvalue weighted by Gasteiger charge is 2.15. The first-order chi connectivity index (χ1) is 5.61. The van der Waals surface area contributed by atoms with Crippen molar-refractivity contribution < 1.29 is 19.1 Å². The molecule has 1 atom stereocenters. The molecule has 0 aromatic rings. The Morgan fingerprint density at radius 3 is 2.42 bits per heavy atom. The topological polar surface area (TPSA) is 52.6 Å². The van der Waals surface area contributed by atoms with Crippen molar-refractivity contribution in [3.63, 3.8) is 0 Å². The molecule has 0 heterocycles. The van der Waals surface area contributed by atoms with E-state index in [0.29, 0.717) is 0 Å². The normalized spacial score (nSPS) is 12.2. The minimum atomic E-state index is -0.697. The molecule has 4 heteroatoms. The first kappa shape index (κ1) is 11.1. The van der Waals surface area contributed by atoms with Gasteiger partial charge in [-0.05, 0) is 6.92 Å². The summed E-state index contributed by atoms with van der Waals surface area (Å²) in [5, 5.41) is 0. The van der Waals surface area contributed by atoms with E-state index in [0.717, 1.165) is 0 Å². The van der Waals surface area contributed by atoms with Crippen molar-refractivity contribution in [2.45, 2.75) is 26.4 Å². The highest BCUT2D eigenvalue weighted by atomic mass is 16.5. The Morgan fingerprint density at radius 2 is 2.00 bits per heavy atom. The third kappa shape index (κ3) is 4.08. The van der Waals surface area contributed by atoms with Crippen LogP contribution in [-0.2, 0) is 19.1 Å². The summed E-state index contributed by atoms with van der Waals surface area (Å²) in [6, 6.07) is 0. The van der Waals surface area contributed by atoms with Crippen LogP contribution in [0.15, 0.2) is 0 Å². The van der Waals surface area contributed by atoms with E-state index in [2.05, 4.69) is 4.74 Å². The van der Waals surface area contributed by atoms with Gasteiger partial charge in [-0.2, -0.15) is 0 Å². The molecule has 0 fully saturated rings. The molecule has 0 spiro atoms. The molecule has 0 rings (SSSR count). The fourth-order valence-corrected chi connectivity index (χ4v) is 0.606. The maximum atomic E-state index is 11.0. The lowest BCUT2D eigenvalue weighted by molar-refractivity contribution is -0.154. The van der Waals surface area contributed by atoms with Crippen LogP contribution >= 0.6 is 0 Å². The second kappa shape index (κ2) is 5.71. The maximum absolute atomic E-state index is 11.0. The van der Waals surface area contributed by atoms with Crippen molar-refractivity contribution in [3.8, 4) is 0 Å². The summed E-state index contributed by atoms with van der Waals surface area (Å²) in [6.07, 6.45) is -0.415. The highest BCUT2D eigenvalue weighted by molar-refractivity contribution is 5.86. The van der Waals surface area contributed by atoms with Gasteiger partial charge in [-0.3, -0.25) is 9.59 Å². The summed E-state index contributed by atoms with van der Waals surface area (Å²) < 4.78 is 9.34. The Labute approximate surface area is 71.8 Å². The van der Waals surface area contributed by atoms with Gasteiger partial charge in [0.1, 0.15) is 6.61 Å². The number of rotatable bonds is 5. The molecular weight excluding hydrogens is 160 g/mol. The Kier molecular flexibility index (Phi) is 5.28. The zero-order valence-corrected chi connectivity index (χ0v) is 7.62. The van der Waals surface area contributed by atoms with E-state index in [-0.39, 0.29) is 24.8 Å². The van der Waals surface area contributed by atoms with E-state index in [4.69, 9.17) is 4.74 Å². The van der Waals surface area contributed by atoms with Crippen LogP contribution in [0, 0.1) is 0 Å². The molecule has 0 bridgehead atoms. The molecule has 0 aromatic carbocycles. The van der Waals surface area contributed by atoms with Gasteiger partial charge in [0.05, 0.1) is 0 Å². The number of carbonyl (C=O) groups excluding carboxylic acids is 2. The monoisotopic (exact) mass is 174 g/mol. The Bertz CT molecular complexity index is 164. The SMILES string of the molecule is CCC(=O)OC(C)C(=O)COC. The average molecular weight is 174 g/mol. The van der Waals surface area contributed by atoms with Crippen molar-refractivity contribution in [2.24, 2.45) is 0 Å². The average Bonchev–Trinajstić information content (AvgIpc) is 2.04. The smallest absolute Gasteiger partial charge is 0.306 e. The second-order valence-electron chi connectivity index (χ2n) is 2.38. The van der Waals surface area contributed by atoms with Gasteiger partial charge >= 0.3 is 5.97 Å². The summed E-state index contributed by atoms with van der Waals surface area (Å²) >= 11 is 0. The van der Waals surface area contributed by atoms with Crippen molar-refractivity contribution in [1.29, 1.82) is 0 Å². The summed E-state index contributed by atoms with van der Waals surface area (Å²) in [4.78, 5) is 21.7. The molecule has 0 saturated carbocycles. The zero-order chi connectivity index (χ0) is 9.56. The van der Waals surface area contributed by atoms with Crippen LogP contribution in [0.4, 0.5) is 0 Å². The molecule has 1 unspecified atom stereocenters. The van der Waals surface area contributed by atoms with E-state index < -0.39 is 6.10 Å². The number of hydrogen-bond acceptors (Lipinski definition) is 4. The van der Waals surface area contributed by atoms with Gasteiger partial charge < -0.3 is 9.47 Å². The molecule has 4 nitrogen and oxygen atoms in total. The van der Waals surface area contributed by atoms with Crippen molar-refractivity contribution in [3.05, 3.63) is 0 Å². The van der Waals surface area contributed by atoms with Gasteiger partial charge in [-0.15, -0.1) is 0 Å². The molecule has 0 aliphatic carbocycles. The van der Waals surface area contributed by atoms with Crippen molar-refractivity contribution in [1.82, 2.24) is 0 Å². The number of ether oxygens (including phenoxy) is 2. The van der Waals surface area contributed by atoms with E-state index in [9.17, 15) is 9.59 Å². The van der Waals surface area contributed by atoms with E-state index >= 15 is 0 Å². The lowest BCUT2D eigenvalue weighted by Crippen LogP contribution is -2.26. The summed E-state index contributed by atoms with van der Waals surface area (Å²) in [5.74, 6) is -0.591. The van der Waals surface area contributed by atoms with Gasteiger partial charge in [-0.1, -0.05) is 6.92 Å². The number of hydrogen-bond donors (Lipinski definition) is 0. The van der Waals surface area contributed by atoms with Crippen LogP contribution < -0.4 is 0 Å². The molecule has 70 valence electrons. The molecule has 0 saturated heterocycles. The molecule has 0 aliphatic heterocycles. The molecular formula is C8H14O4. The van der Waals surface area contributed by atoms with Gasteiger partial charge in [-0.25, -0.2) is 0 Å². The summed E-state index contributed by atoms with van der Waals surface area (Å²) in [7, 11) is 1.42. The van der Waals surface area contributed by atoms with Crippen molar-refractivity contribution in [2.75, 3.05) is 13.7 Å². The Hall–Kier alpha value is -0.900. The largest absolute Gasteiger partial charge is 0.455 e. The number of esters is 1. The number of carbonyl (C=O) groups is 2. The molecule has 0 N–H and O–H groups in total. The van der Waals surface area contributed by atoms with Gasteiger partial charge in [0.2, 0.25) is 0 Å². The predicted octanol–water partition coefficient (Wildman–Crippen LogP) is 0.544. The van der Waals surface area contributed by atoms with Crippen LogP contribution in [0.2, 0.25) is 0 Å². The summed E-state index contributed by atoms with van der Waals surface area (Å²) in [5.41, 5.74) is 0. The van der Waals surface area contributed by atoms with Crippen LogP contribution in [0.1, 0.15) is 20.3 Å².